The summed E-state index contributed by atoms with van der Waals surface area (Å²) in [6, 6.07) is 12.3. The summed E-state index contributed by atoms with van der Waals surface area (Å²) < 4.78 is 12.8. The minimum Gasteiger partial charge on any atom is -0.491 e. The first kappa shape index (κ1) is 28.7. The van der Waals surface area contributed by atoms with Crippen LogP contribution < -0.4 is 10.1 Å². The van der Waals surface area contributed by atoms with Crippen molar-refractivity contribution >= 4 is 28.7 Å². The van der Waals surface area contributed by atoms with Crippen molar-refractivity contribution < 1.29 is 24.3 Å². The van der Waals surface area contributed by atoms with Crippen LogP contribution in [0.1, 0.15) is 70.4 Å². The van der Waals surface area contributed by atoms with Gasteiger partial charge in [-0.25, -0.2) is 14.8 Å². The fourth-order valence-corrected chi connectivity index (χ4v) is 5.12. The number of hydrogen-bond acceptors (Lipinski definition) is 8. The quantitative estimate of drug-likeness (QED) is 0.0687. The molecule has 0 aliphatic carbocycles. The number of fused-ring (bicyclic) bond motifs is 2. The molecular weight excluding hydrogens is 538 g/mol. The summed E-state index contributed by atoms with van der Waals surface area (Å²) in [5, 5.41) is 15.3. The predicted octanol–water partition coefficient (Wildman–Crippen LogP) is 3.60. The third-order valence-electron chi connectivity index (χ3n) is 7.46. The van der Waals surface area contributed by atoms with E-state index in [1.807, 2.05) is 28.6 Å². The molecule has 0 bridgehead atoms. The molecule has 2 aromatic carbocycles. The third-order valence-corrected chi connectivity index (χ3v) is 7.46. The lowest BCUT2D eigenvalue weighted by Gasteiger charge is -2.26. The first-order chi connectivity index (χ1) is 20.3. The van der Waals surface area contributed by atoms with E-state index in [1.165, 1.54) is 0 Å². The molecule has 2 aromatic heterocycles. The monoisotopic (exact) mass is 573 g/mol. The van der Waals surface area contributed by atoms with Gasteiger partial charge in [-0.15, -0.1) is 0 Å². The first-order valence-electron chi connectivity index (χ1n) is 14.0. The summed E-state index contributed by atoms with van der Waals surface area (Å²) in [6.07, 6.45) is 0.759. The number of imidazole rings is 2. The second-order valence-electron chi connectivity index (χ2n) is 10.1. The normalized spacial score (nSPS) is 14.0. The average molecular weight is 574 g/mol. The van der Waals surface area contributed by atoms with E-state index in [0.29, 0.717) is 29.3 Å². The number of para-hydroxylation sites is 1. The van der Waals surface area contributed by atoms with Crippen LogP contribution in [-0.2, 0) is 24.8 Å². The lowest BCUT2D eigenvalue weighted by atomic mass is 10.1. The van der Waals surface area contributed by atoms with E-state index in [-0.39, 0.29) is 31.6 Å². The molecule has 3 N–H and O–H groups in total. The molecule has 0 saturated heterocycles. The van der Waals surface area contributed by atoms with Gasteiger partial charge in [-0.2, -0.15) is 0 Å². The maximum absolute atomic E-state index is 12.9. The van der Waals surface area contributed by atoms with Crippen molar-refractivity contribution in [3.63, 3.8) is 0 Å². The number of carbonyl (C=O) groups is 2. The second kappa shape index (κ2) is 12.3. The molecule has 1 atom stereocenters. The number of nitrogens with zero attached hydrogens (tertiary/aromatic N) is 5. The Labute approximate surface area is 243 Å². The Morgan fingerprint density at radius 1 is 1.21 bits per heavy atom. The van der Waals surface area contributed by atoms with Gasteiger partial charge in [0.05, 0.1) is 48.0 Å². The highest BCUT2D eigenvalue weighted by Gasteiger charge is 2.25. The van der Waals surface area contributed by atoms with Crippen molar-refractivity contribution in [1.82, 2.24) is 29.7 Å². The summed E-state index contributed by atoms with van der Waals surface area (Å²) >= 11 is 0. The summed E-state index contributed by atoms with van der Waals surface area (Å²) in [5.74, 6) is 1.84. The van der Waals surface area contributed by atoms with Crippen LogP contribution in [0.2, 0.25) is 0 Å². The standard InChI is InChI=1S/C30H35N7O5/c1-5-41-30(39)21-8-6-7-9-26(21)42-15-13-31-29(38)20-10-11-23-25(16-20)36(4)28(34-23)18(2)27-32-22-12-14-37(19(3)35-40)17-24(22)33-27/h6-11,16,18,40H,5,12-15,17H2,1-4H3,(H,31,38)(H,32,33). The van der Waals surface area contributed by atoms with E-state index < -0.39 is 5.97 Å². The molecule has 12 heteroatoms. The largest absolute Gasteiger partial charge is 0.491 e. The van der Waals surface area contributed by atoms with Crippen LogP contribution in [0.3, 0.4) is 0 Å². The van der Waals surface area contributed by atoms with Crippen LogP contribution in [0, 0.1) is 0 Å². The average Bonchev–Trinajstić information content (AvgIpc) is 3.59. The van der Waals surface area contributed by atoms with E-state index in [1.54, 1.807) is 44.2 Å². The van der Waals surface area contributed by atoms with Crippen molar-refractivity contribution in [3.05, 3.63) is 76.6 Å². The van der Waals surface area contributed by atoms with Crippen molar-refractivity contribution in [2.75, 3.05) is 26.3 Å². The van der Waals surface area contributed by atoms with E-state index in [2.05, 4.69) is 22.4 Å². The Balaban J connectivity index is 1.24. The van der Waals surface area contributed by atoms with Crippen LogP contribution in [-0.4, -0.2) is 73.6 Å². The van der Waals surface area contributed by atoms with Gasteiger partial charge in [0.2, 0.25) is 0 Å². The number of hydrogen-bond donors (Lipinski definition) is 3. The first-order valence-corrected chi connectivity index (χ1v) is 14.0. The van der Waals surface area contributed by atoms with Crippen LogP contribution in [0.25, 0.3) is 11.0 Å². The highest BCUT2D eigenvalue weighted by atomic mass is 16.5. The lowest BCUT2D eigenvalue weighted by Crippen LogP contribution is -2.34. The number of benzene rings is 2. The number of aryl methyl sites for hydroxylation is 1. The zero-order valence-corrected chi connectivity index (χ0v) is 24.2. The van der Waals surface area contributed by atoms with E-state index >= 15 is 0 Å². The molecule has 3 heterocycles. The second-order valence-corrected chi connectivity index (χ2v) is 10.1. The Morgan fingerprint density at radius 3 is 2.81 bits per heavy atom. The van der Waals surface area contributed by atoms with Crippen LogP contribution in [0.4, 0.5) is 0 Å². The molecule has 220 valence electrons. The Morgan fingerprint density at radius 2 is 2.02 bits per heavy atom. The van der Waals surface area contributed by atoms with E-state index in [0.717, 1.165) is 47.0 Å². The number of oxime groups is 1. The molecule has 0 radical (unpaired) electrons. The number of amidine groups is 1. The highest BCUT2D eigenvalue weighted by Crippen LogP contribution is 2.28. The van der Waals surface area contributed by atoms with Gasteiger partial charge in [0.25, 0.3) is 5.91 Å². The number of esters is 1. The number of rotatable bonds is 9. The van der Waals surface area contributed by atoms with Gasteiger partial charge in [0.1, 0.15) is 35.4 Å². The zero-order chi connectivity index (χ0) is 29.8. The maximum atomic E-state index is 12.9. The molecule has 12 nitrogen and oxygen atoms in total. The van der Waals surface area contributed by atoms with Gasteiger partial charge in [0.15, 0.2) is 0 Å². The molecule has 1 aliphatic heterocycles. The smallest absolute Gasteiger partial charge is 0.341 e. The van der Waals surface area contributed by atoms with Crippen LogP contribution in [0.5, 0.6) is 5.75 Å². The Kier molecular flexibility index (Phi) is 8.41. The number of aromatic nitrogens is 4. The molecule has 5 rings (SSSR count). The lowest BCUT2D eigenvalue weighted by molar-refractivity contribution is 0.0521. The summed E-state index contributed by atoms with van der Waals surface area (Å²) in [6.45, 7) is 7.65. The van der Waals surface area contributed by atoms with Gasteiger partial charge in [0, 0.05) is 25.6 Å². The molecule has 1 amide bonds. The van der Waals surface area contributed by atoms with Crippen molar-refractivity contribution in [1.29, 1.82) is 0 Å². The zero-order valence-electron chi connectivity index (χ0n) is 24.2. The van der Waals surface area contributed by atoms with E-state index in [4.69, 9.17) is 24.6 Å². The number of nitrogens with one attached hydrogen (secondary N) is 2. The molecule has 42 heavy (non-hydrogen) atoms. The number of aromatic amines is 1. The van der Waals surface area contributed by atoms with Gasteiger partial charge >= 0.3 is 5.97 Å². The van der Waals surface area contributed by atoms with E-state index in [9.17, 15) is 9.59 Å². The fraction of sp³-hybridized carbons (Fsp3) is 0.367. The Bertz CT molecular complexity index is 1640. The maximum Gasteiger partial charge on any atom is 0.341 e. The summed E-state index contributed by atoms with van der Waals surface area (Å²) in [7, 11) is 1.93. The van der Waals surface area contributed by atoms with Gasteiger partial charge in [-0.3, -0.25) is 4.79 Å². The Hall–Kier alpha value is -4.87. The number of ether oxygens (including phenoxy) is 2. The van der Waals surface area contributed by atoms with Crippen molar-refractivity contribution in [2.24, 2.45) is 12.2 Å². The fourth-order valence-electron chi connectivity index (χ4n) is 5.12. The molecular formula is C30H35N7O5. The van der Waals surface area contributed by atoms with Gasteiger partial charge in [-0.05, 0) is 51.1 Å². The minimum atomic E-state index is -0.447. The molecule has 0 saturated carbocycles. The SMILES string of the molecule is CCOC(=O)c1ccccc1OCCNC(=O)c1ccc2nc(C(C)c3nc4c([nH]3)CN(C(C)=NO)CC4)n(C)c2c1. The molecule has 1 unspecified atom stereocenters. The highest BCUT2D eigenvalue weighted by molar-refractivity contribution is 5.97. The van der Waals surface area contributed by atoms with Crippen LogP contribution >= 0.6 is 0 Å². The van der Waals surface area contributed by atoms with Gasteiger partial charge < -0.3 is 34.4 Å². The molecule has 0 spiro atoms. The topological polar surface area (TPSA) is 147 Å². The number of H-pyrrole nitrogens is 1. The third kappa shape index (κ3) is 5.78. The van der Waals surface area contributed by atoms with Crippen LogP contribution in [0.15, 0.2) is 47.6 Å². The molecule has 0 fully saturated rings. The molecule has 4 aromatic rings. The minimum absolute atomic E-state index is 0.110. The summed E-state index contributed by atoms with van der Waals surface area (Å²) in [5.41, 5.74) is 4.50. The number of amides is 1. The summed E-state index contributed by atoms with van der Waals surface area (Å²) in [4.78, 5) is 40.2. The predicted molar refractivity (Wildman–Crippen MR) is 156 cm³/mol. The number of carbonyl (C=O) groups excluding carboxylic acids is 2. The van der Waals surface area contributed by atoms with Crippen molar-refractivity contribution in [2.45, 2.75) is 39.7 Å². The van der Waals surface area contributed by atoms with Gasteiger partial charge in [-0.1, -0.05) is 17.3 Å². The molecule has 1 aliphatic rings. The van der Waals surface area contributed by atoms with Crippen molar-refractivity contribution in [3.8, 4) is 5.75 Å².